The lowest BCUT2D eigenvalue weighted by molar-refractivity contribution is -0.140. The van der Waals surface area contributed by atoms with Crippen molar-refractivity contribution in [2.75, 3.05) is 20.3 Å². The molecule has 1 aromatic carbocycles. The summed E-state index contributed by atoms with van der Waals surface area (Å²) in [6, 6.07) is 4.83. The van der Waals surface area contributed by atoms with Gasteiger partial charge in [-0.1, -0.05) is 36.7 Å². The highest BCUT2D eigenvalue weighted by molar-refractivity contribution is 8.07. The number of methoxy groups -OCH3 is 1. The third-order valence-corrected chi connectivity index (χ3v) is 6.08. The molecule has 0 fully saturated rings. The predicted molar refractivity (Wildman–Crippen MR) is 120 cm³/mol. The zero-order valence-corrected chi connectivity index (χ0v) is 19.5. The Morgan fingerprint density at radius 1 is 1.30 bits per heavy atom. The smallest absolute Gasteiger partial charge is 0.355 e. The molecule has 0 radical (unpaired) electrons. The van der Waals surface area contributed by atoms with Gasteiger partial charge >= 0.3 is 5.97 Å². The van der Waals surface area contributed by atoms with Crippen molar-refractivity contribution >= 4 is 35.1 Å². The quantitative estimate of drug-likeness (QED) is 0.328. The molecule has 2 rings (SSSR count). The zero-order valence-electron chi connectivity index (χ0n) is 18.0. The normalized spacial score (nSPS) is 15.7. The van der Waals surface area contributed by atoms with Crippen LogP contribution in [0.1, 0.15) is 50.9 Å². The summed E-state index contributed by atoms with van der Waals surface area (Å²) < 4.78 is 10.5. The Bertz CT molecular complexity index is 873. The SMILES string of the molecule is CCCCN1C(C(=O)OCC)=C(C(C)(C)O)S/C1=C\C(=O)c1cc(Cl)ccc1OC. The van der Waals surface area contributed by atoms with Crippen LogP contribution in [0.2, 0.25) is 5.02 Å². The van der Waals surface area contributed by atoms with Gasteiger partial charge in [0.15, 0.2) is 5.78 Å². The van der Waals surface area contributed by atoms with Crippen LogP contribution in [-0.4, -0.2) is 47.6 Å². The van der Waals surface area contributed by atoms with Crippen LogP contribution in [0.3, 0.4) is 0 Å². The van der Waals surface area contributed by atoms with Crippen LogP contribution in [0.25, 0.3) is 0 Å². The highest BCUT2D eigenvalue weighted by Crippen LogP contribution is 2.47. The first-order valence-corrected chi connectivity index (χ1v) is 11.0. The third-order valence-electron chi connectivity index (χ3n) is 4.40. The number of carbonyl (C=O) groups excluding carboxylic acids is 2. The number of ether oxygens (including phenoxy) is 2. The first-order chi connectivity index (χ1) is 14.1. The fraction of sp³-hybridized carbons (Fsp3) is 0.455. The summed E-state index contributed by atoms with van der Waals surface area (Å²) >= 11 is 7.27. The van der Waals surface area contributed by atoms with Crippen LogP contribution in [-0.2, 0) is 9.53 Å². The Morgan fingerprint density at radius 3 is 2.57 bits per heavy atom. The molecule has 0 bridgehead atoms. The van der Waals surface area contributed by atoms with Crippen LogP contribution in [0.15, 0.2) is 39.9 Å². The van der Waals surface area contributed by atoms with Crippen molar-refractivity contribution in [2.45, 2.75) is 46.1 Å². The lowest BCUT2D eigenvalue weighted by Gasteiger charge is -2.23. The number of hydrogen-bond donors (Lipinski definition) is 1. The van der Waals surface area contributed by atoms with Gasteiger partial charge in [0.25, 0.3) is 0 Å². The molecule has 1 heterocycles. The zero-order chi connectivity index (χ0) is 22.5. The lowest BCUT2D eigenvalue weighted by Crippen LogP contribution is -2.29. The van der Waals surface area contributed by atoms with E-state index in [1.165, 1.54) is 24.9 Å². The van der Waals surface area contributed by atoms with Crippen LogP contribution in [0.4, 0.5) is 0 Å². The maximum absolute atomic E-state index is 13.1. The highest BCUT2D eigenvalue weighted by Gasteiger charge is 2.40. The standard InChI is InChI=1S/C22H28ClNO5S/c1-6-8-11-24-18(13-16(25)15-12-14(23)9-10-17(15)28-5)30-20(22(3,4)27)19(24)21(26)29-7-2/h9-10,12-13,27H,6-8,11H2,1-5H3/b18-13-. The monoisotopic (exact) mass is 453 g/mol. The summed E-state index contributed by atoms with van der Waals surface area (Å²) in [7, 11) is 1.48. The van der Waals surface area contributed by atoms with Gasteiger partial charge in [-0.2, -0.15) is 0 Å². The van der Waals surface area contributed by atoms with Gasteiger partial charge in [-0.05, 0) is 45.4 Å². The molecule has 0 aliphatic carbocycles. The second-order valence-corrected chi connectivity index (χ2v) is 8.72. The second kappa shape index (κ2) is 10.4. The summed E-state index contributed by atoms with van der Waals surface area (Å²) in [6.45, 7) is 7.72. The van der Waals surface area contributed by atoms with Crippen molar-refractivity contribution < 1.29 is 24.2 Å². The van der Waals surface area contributed by atoms with Crippen LogP contribution in [0.5, 0.6) is 5.75 Å². The van der Waals surface area contributed by atoms with E-state index in [0.717, 1.165) is 12.8 Å². The van der Waals surface area contributed by atoms with E-state index in [9.17, 15) is 14.7 Å². The Morgan fingerprint density at radius 2 is 2.00 bits per heavy atom. The van der Waals surface area contributed by atoms with Gasteiger partial charge in [0, 0.05) is 17.6 Å². The summed E-state index contributed by atoms with van der Waals surface area (Å²) in [6.07, 6.45) is 3.15. The molecule has 0 unspecified atom stereocenters. The van der Waals surface area contributed by atoms with E-state index in [1.54, 1.807) is 43.9 Å². The average Bonchev–Trinajstić information content (AvgIpc) is 3.05. The number of rotatable bonds is 9. The van der Waals surface area contributed by atoms with Gasteiger partial charge in [0.2, 0.25) is 0 Å². The fourth-order valence-electron chi connectivity index (χ4n) is 2.97. The molecule has 0 saturated carbocycles. The molecule has 30 heavy (non-hydrogen) atoms. The van der Waals surface area contributed by atoms with E-state index < -0.39 is 11.6 Å². The van der Waals surface area contributed by atoms with Gasteiger partial charge in [-0.25, -0.2) is 4.79 Å². The number of thioether (sulfide) groups is 1. The molecule has 0 spiro atoms. The van der Waals surface area contributed by atoms with Crippen molar-refractivity contribution in [1.29, 1.82) is 0 Å². The minimum atomic E-state index is -1.27. The van der Waals surface area contributed by atoms with E-state index in [1.807, 2.05) is 6.92 Å². The molecular formula is C22H28ClNO5S. The number of esters is 1. The molecule has 8 heteroatoms. The Labute approximate surface area is 186 Å². The highest BCUT2D eigenvalue weighted by atomic mass is 35.5. The van der Waals surface area contributed by atoms with Crippen molar-refractivity contribution in [3.05, 3.63) is 50.5 Å². The summed E-state index contributed by atoms with van der Waals surface area (Å²) in [5.41, 5.74) is -0.674. The van der Waals surface area contributed by atoms with Crippen molar-refractivity contribution in [2.24, 2.45) is 0 Å². The van der Waals surface area contributed by atoms with Crippen LogP contribution >= 0.6 is 23.4 Å². The van der Waals surface area contributed by atoms with E-state index in [4.69, 9.17) is 21.1 Å². The number of ketones is 1. The number of aliphatic hydroxyl groups is 1. The van der Waals surface area contributed by atoms with E-state index >= 15 is 0 Å². The molecule has 6 nitrogen and oxygen atoms in total. The number of allylic oxidation sites excluding steroid dienone is 1. The lowest BCUT2D eigenvalue weighted by atomic mass is 10.1. The summed E-state index contributed by atoms with van der Waals surface area (Å²) in [4.78, 5) is 28.0. The molecular weight excluding hydrogens is 426 g/mol. The van der Waals surface area contributed by atoms with Crippen molar-refractivity contribution in [1.82, 2.24) is 4.90 Å². The molecule has 164 valence electrons. The van der Waals surface area contributed by atoms with E-state index in [0.29, 0.717) is 32.8 Å². The molecule has 0 aromatic heterocycles. The number of benzene rings is 1. The number of carbonyl (C=O) groups is 2. The maximum Gasteiger partial charge on any atom is 0.355 e. The number of nitrogens with zero attached hydrogens (tertiary/aromatic N) is 1. The van der Waals surface area contributed by atoms with Gasteiger partial charge in [-0.15, -0.1) is 0 Å². The van der Waals surface area contributed by atoms with Gasteiger partial charge in [0.1, 0.15) is 11.4 Å². The molecule has 1 aliphatic heterocycles. The van der Waals surface area contributed by atoms with Crippen LogP contribution in [0, 0.1) is 0 Å². The molecule has 1 N–H and O–H groups in total. The topological polar surface area (TPSA) is 76.1 Å². The Kier molecular flexibility index (Phi) is 8.41. The van der Waals surface area contributed by atoms with Gasteiger partial charge < -0.3 is 19.5 Å². The van der Waals surface area contributed by atoms with Crippen molar-refractivity contribution in [3.8, 4) is 5.75 Å². The maximum atomic E-state index is 13.1. The molecule has 0 amide bonds. The fourth-order valence-corrected chi connectivity index (χ4v) is 4.35. The predicted octanol–water partition coefficient (Wildman–Crippen LogP) is 4.77. The first-order valence-electron chi connectivity index (χ1n) is 9.83. The van der Waals surface area contributed by atoms with Gasteiger partial charge in [-0.3, -0.25) is 4.79 Å². The first kappa shape index (κ1) is 24.3. The number of unbranched alkanes of at least 4 members (excludes halogenated alkanes) is 1. The largest absolute Gasteiger partial charge is 0.496 e. The van der Waals surface area contributed by atoms with E-state index in [-0.39, 0.29) is 18.1 Å². The molecule has 0 atom stereocenters. The van der Waals surface area contributed by atoms with E-state index in [2.05, 4.69) is 0 Å². The minimum absolute atomic E-state index is 0.214. The number of halogens is 1. The summed E-state index contributed by atoms with van der Waals surface area (Å²) in [5.74, 6) is -0.418. The molecule has 1 aromatic rings. The summed E-state index contributed by atoms with van der Waals surface area (Å²) in [5, 5.41) is 11.6. The third kappa shape index (κ3) is 5.59. The Balaban J connectivity index is 2.53. The average molecular weight is 454 g/mol. The van der Waals surface area contributed by atoms with Gasteiger partial charge in [0.05, 0.1) is 34.8 Å². The van der Waals surface area contributed by atoms with Crippen LogP contribution < -0.4 is 4.74 Å². The number of hydrogen-bond acceptors (Lipinski definition) is 7. The molecule has 0 saturated heterocycles. The second-order valence-electron chi connectivity index (χ2n) is 7.26. The molecule has 1 aliphatic rings. The minimum Gasteiger partial charge on any atom is -0.496 e. The Hall–Kier alpha value is -1.96. The van der Waals surface area contributed by atoms with Crippen molar-refractivity contribution in [3.63, 3.8) is 0 Å².